The summed E-state index contributed by atoms with van der Waals surface area (Å²) in [6.45, 7) is 4.93. The van der Waals surface area contributed by atoms with Crippen molar-refractivity contribution in [3.05, 3.63) is 28.7 Å². The number of likely N-dealkylation sites (tertiary alicyclic amines) is 1. The smallest absolute Gasteiger partial charge is 0.250 e. The van der Waals surface area contributed by atoms with Crippen molar-refractivity contribution in [1.82, 2.24) is 9.47 Å². The maximum Gasteiger partial charge on any atom is 0.250 e. The zero-order chi connectivity index (χ0) is 14.7. The zero-order valence-corrected chi connectivity index (χ0v) is 12.3. The molecule has 0 radical (unpaired) electrons. The topological polar surface area (TPSA) is 69.7 Å². The maximum absolute atomic E-state index is 11.7. The molecule has 21 heavy (non-hydrogen) atoms. The van der Waals surface area contributed by atoms with Crippen molar-refractivity contribution >= 4 is 5.69 Å². The molecule has 116 valence electrons. The van der Waals surface area contributed by atoms with Gasteiger partial charge in [-0.25, -0.2) is 0 Å². The summed E-state index contributed by atoms with van der Waals surface area (Å²) < 4.78 is 13.2. The summed E-state index contributed by atoms with van der Waals surface area (Å²) in [5.74, 6) is -0.369. The van der Waals surface area contributed by atoms with Crippen molar-refractivity contribution in [2.45, 2.75) is 31.6 Å². The number of nitrogens with zero attached hydrogens (tertiary/aromatic N) is 2. The Morgan fingerprint density at radius 3 is 2.86 bits per heavy atom. The highest BCUT2D eigenvalue weighted by Crippen LogP contribution is 2.29. The molecule has 6 nitrogen and oxygen atoms in total. The van der Waals surface area contributed by atoms with E-state index in [0.29, 0.717) is 25.4 Å². The summed E-state index contributed by atoms with van der Waals surface area (Å²) in [5, 5.41) is 0. The number of hydrogen-bond acceptors (Lipinski definition) is 5. The SMILES string of the molecule is Nc1ccc(=O)n(CCCN2CCCC3(C2)OCCO3)c1. The number of rotatable bonds is 4. The lowest BCUT2D eigenvalue weighted by molar-refractivity contribution is -0.189. The van der Waals surface area contributed by atoms with Gasteiger partial charge in [0, 0.05) is 37.5 Å². The zero-order valence-electron chi connectivity index (χ0n) is 12.3. The number of anilines is 1. The first-order valence-corrected chi connectivity index (χ1v) is 7.63. The molecule has 0 amide bonds. The van der Waals surface area contributed by atoms with Crippen LogP contribution in [0.5, 0.6) is 0 Å². The van der Waals surface area contributed by atoms with Crippen LogP contribution in [-0.4, -0.2) is 48.1 Å². The Kier molecular flexibility index (Phi) is 4.28. The molecule has 0 bridgehead atoms. The number of ether oxygens (including phenoxy) is 2. The van der Waals surface area contributed by atoms with Crippen molar-refractivity contribution in [2.75, 3.05) is 38.6 Å². The van der Waals surface area contributed by atoms with Crippen LogP contribution in [-0.2, 0) is 16.0 Å². The van der Waals surface area contributed by atoms with Crippen molar-refractivity contribution in [3.63, 3.8) is 0 Å². The third-order valence-corrected chi connectivity index (χ3v) is 4.19. The Hall–Kier alpha value is -1.37. The minimum atomic E-state index is -0.369. The van der Waals surface area contributed by atoms with E-state index in [-0.39, 0.29) is 11.3 Å². The molecular weight excluding hydrogens is 270 g/mol. The Balaban J connectivity index is 1.51. The van der Waals surface area contributed by atoms with Crippen LogP contribution in [0.2, 0.25) is 0 Å². The molecule has 3 rings (SSSR count). The fourth-order valence-electron chi connectivity index (χ4n) is 3.18. The van der Waals surface area contributed by atoms with Gasteiger partial charge in [0.05, 0.1) is 19.8 Å². The minimum absolute atomic E-state index is 0.00164. The standard InChI is InChI=1S/C15H23N3O3/c16-13-3-4-14(19)18(11-13)8-2-7-17-6-1-5-15(12-17)20-9-10-21-15/h3-4,11H,1-2,5-10,12,16H2. The first kappa shape index (κ1) is 14.6. The van der Waals surface area contributed by atoms with Crippen LogP contribution in [0.3, 0.4) is 0 Å². The van der Waals surface area contributed by atoms with E-state index in [2.05, 4.69) is 4.90 Å². The van der Waals surface area contributed by atoms with Crippen LogP contribution in [0.15, 0.2) is 23.1 Å². The average Bonchev–Trinajstić information content (AvgIpc) is 2.91. The molecule has 0 aliphatic carbocycles. The number of pyridine rings is 1. The largest absolute Gasteiger partial charge is 0.398 e. The van der Waals surface area contributed by atoms with Crippen LogP contribution in [0.1, 0.15) is 19.3 Å². The molecule has 0 unspecified atom stereocenters. The molecule has 2 fully saturated rings. The van der Waals surface area contributed by atoms with Gasteiger partial charge in [0.15, 0.2) is 5.79 Å². The van der Waals surface area contributed by atoms with Gasteiger partial charge in [-0.1, -0.05) is 0 Å². The van der Waals surface area contributed by atoms with Crippen molar-refractivity contribution in [2.24, 2.45) is 0 Å². The number of aryl methyl sites for hydroxylation is 1. The Labute approximate surface area is 124 Å². The van der Waals surface area contributed by atoms with Crippen LogP contribution in [0.25, 0.3) is 0 Å². The van der Waals surface area contributed by atoms with E-state index in [0.717, 1.165) is 38.9 Å². The van der Waals surface area contributed by atoms with E-state index in [1.807, 2.05) is 0 Å². The van der Waals surface area contributed by atoms with Gasteiger partial charge in [0.2, 0.25) is 0 Å². The maximum atomic E-state index is 11.7. The lowest BCUT2D eigenvalue weighted by Crippen LogP contribution is -2.49. The second kappa shape index (κ2) is 6.17. The summed E-state index contributed by atoms with van der Waals surface area (Å²) in [6.07, 6.45) is 4.71. The predicted molar refractivity (Wildman–Crippen MR) is 80.0 cm³/mol. The lowest BCUT2D eigenvalue weighted by atomic mass is 10.0. The summed E-state index contributed by atoms with van der Waals surface area (Å²) in [4.78, 5) is 14.1. The number of nitrogen functional groups attached to an aromatic ring is 1. The minimum Gasteiger partial charge on any atom is -0.398 e. The number of piperidine rings is 1. The summed E-state index contributed by atoms with van der Waals surface area (Å²) >= 11 is 0. The van der Waals surface area contributed by atoms with Gasteiger partial charge in [0.25, 0.3) is 5.56 Å². The van der Waals surface area contributed by atoms with Gasteiger partial charge in [-0.15, -0.1) is 0 Å². The van der Waals surface area contributed by atoms with Crippen LogP contribution in [0, 0.1) is 0 Å². The molecule has 2 aliphatic heterocycles. The quantitative estimate of drug-likeness (QED) is 0.883. The Morgan fingerprint density at radius 2 is 2.05 bits per heavy atom. The molecule has 1 aromatic rings. The molecule has 1 aromatic heterocycles. The van der Waals surface area contributed by atoms with Crippen molar-refractivity contribution < 1.29 is 9.47 Å². The molecule has 0 atom stereocenters. The van der Waals surface area contributed by atoms with E-state index in [1.54, 1.807) is 16.8 Å². The molecular formula is C15H23N3O3. The molecule has 6 heteroatoms. The fourth-order valence-corrected chi connectivity index (χ4v) is 3.18. The second-order valence-corrected chi connectivity index (χ2v) is 5.83. The summed E-state index contributed by atoms with van der Waals surface area (Å²) in [6, 6.07) is 3.16. The summed E-state index contributed by atoms with van der Waals surface area (Å²) in [5.41, 5.74) is 6.34. The average molecular weight is 293 g/mol. The highest BCUT2D eigenvalue weighted by atomic mass is 16.7. The van der Waals surface area contributed by atoms with Crippen LogP contribution in [0.4, 0.5) is 5.69 Å². The first-order chi connectivity index (χ1) is 10.2. The highest BCUT2D eigenvalue weighted by molar-refractivity contribution is 5.33. The van der Waals surface area contributed by atoms with Crippen LogP contribution >= 0.6 is 0 Å². The molecule has 2 saturated heterocycles. The van der Waals surface area contributed by atoms with Crippen molar-refractivity contribution in [1.29, 1.82) is 0 Å². The molecule has 2 aliphatic rings. The lowest BCUT2D eigenvalue weighted by Gasteiger charge is -2.38. The first-order valence-electron chi connectivity index (χ1n) is 7.63. The number of hydrogen-bond donors (Lipinski definition) is 1. The van der Waals surface area contributed by atoms with Gasteiger partial charge < -0.3 is 19.8 Å². The number of nitrogens with two attached hydrogens (primary N) is 1. The number of aromatic nitrogens is 1. The fraction of sp³-hybridized carbons (Fsp3) is 0.667. The molecule has 2 N–H and O–H groups in total. The van der Waals surface area contributed by atoms with Crippen LogP contribution < -0.4 is 11.3 Å². The third kappa shape index (κ3) is 3.45. The Bertz CT molecular complexity index is 537. The normalized spacial score (nSPS) is 21.9. The highest BCUT2D eigenvalue weighted by Gasteiger charge is 2.40. The predicted octanol–water partition coefficient (Wildman–Crippen LogP) is 0.660. The van der Waals surface area contributed by atoms with E-state index < -0.39 is 0 Å². The van der Waals surface area contributed by atoms with Gasteiger partial charge in [-0.3, -0.25) is 9.69 Å². The molecule has 1 spiro atoms. The molecule has 0 aromatic carbocycles. The molecule has 0 saturated carbocycles. The van der Waals surface area contributed by atoms with E-state index >= 15 is 0 Å². The van der Waals surface area contributed by atoms with Gasteiger partial charge >= 0.3 is 0 Å². The monoisotopic (exact) mass is 293 g/mol. The second-order valence-electron chi connectivity index (χ2n) is 5.83. The van der Waals surface area contributed by atoms with E-state index in [4.69, 9.17) is 15.2 Å². The van der Waals surface area contributed by atoms with Gasteiger partial charge in [-0.05, 0) is 25.5 Å². The third-order valence-electron chi connectivity index (χ3n) is 4.19. The van der Waals surface area contributed by atoms with Gasteiger partial charge in [-0.2, -0.15) is 0 Å². The molecule has 3 heterocycles. The van der Waals surface area contributed by atoms with Crippen molar-refractivity contribution in [3.8, 4) is 0 Å². The van der Waals surface area contributed by atoms with E-state index in [9.17, 15) is 4.79 Å². The van der Waals surface area contributed by atoms with E-state index in [1.165, 1.54) is 6.07 Å². The summed E-state index contributed by atoms with van der Waals surface area (Å²) in [7, 11) is 0. The van der Waals surface area contributed by atoms with Gasteiger partial charge in [0.1, 0.15) is 0 Å². The Morgan fingerprint density at radius 1 is 1.24 bits per heavy atom.